The second-order valence-electron chi connectivity index (χ2n) is 5.28. The average molecular weight is 340 g/mol. The Kier molecular flexibility index (Phi) is 4.78. The first-order chi connectivity index (χ1) is 10.1. The van der Waals surface area contributed by atoms with Gasteiger partial charge in [-0.25, -0.2) is 12.8 Å². The molecule has 0 radical (unpaired) electrons. The third kappa shape index (κ3) is 4.40. The standard InChI is InChI=1S/C13H16F4N2O2S/c1-22(20,21)19-4-2-18(3-5-19)9-10-6-11(13(15,16)17)8-12(14)7-10/h6-8H,2-5,9H2,1H3. The predicted molar refractivity (Wildman–Crippen MR) is 73.1 cm³/mol. The summed E-state index contributed by atoms with van der Waals surface area (Å²) in [6.45, 7) is 1.49. The van der Waals surface area contributed by atoms with E-state index in [9.17, 15) is 26.0 Å². The van der Waals surface area contributed by atoms with Crippen LogP contribution >= 0.6 is 0 Å². The number of nitrogens with zero attached hydrogens (tertiary/aromatic N) is 2. The molecule has 1 aliphatic rings. The zero-order valence-corrected chi connectivity index (χ0v) is 12.7. The Balaban J connectivity index is 2.05. The van der Waals surface area contributed by atoms with Gasteiger partial charge in [-0.15, -0.1) is 0 Å². The van der Waals surface area contributed by atoms with Gasteiger partial charge in [-0.1, -0.05) is 0 Å². The minimum Gasteiger partial charge on any atom is -0.296 e. The van der Waals surface area contributed by atoms with E-state index in [1.54, 1.807) is 4.90 Å². The fourth-order valence-electron chi connectivity index (χ4n) is 2.38. The van der Waals surface area contributed by atoms with Gasteiger partial charge in [0.05, 0.1) is 11.8 Å². The lowest BCUT2D eigenvalue weighted by molar-refractivity contribution is -0.137. The lowest BCUT2D eigenvalue weighted by atomic mass is 10.1. The number of rotatable bonds is 3. The van der Waals surface area contributed by atoms with Crippen LogP contribution in [0.1, 0.15) is 11.1 Å². The molecule has 0 saturated carbocycles. The van der Waals surface area contributed by atoms with Gasteiger partial charge in [-0.3, -0.25) is 4.90 Å². The monoisotopic (exact) mass is 340 g/mol. The lowest BCUT2D eigenvalue weighted by Gasteiger charge is -2.33. The maximum atomic E-state index is 13.3. The first-order valence-corrected chi connectivity index (χ1v) is 8.45. The summed E-state index contributed by atoms with van der Waals surface area (Å²) in [5.41, 5.74) is -0.794. The van der Waals surface area contributed by atoms with Crippen molar-refractivity contribution >= 4 is 10.0 Å². The van der Waals surface area contributed by atoms with Gasteiger partial charge in [0.25, 0.3) is 0 Å². The highest BCUT2D eigenvalue weighted by Gasteiger charge is 2.31. The minimum absolute atomic E-state index is 0.151. The average Bonchev–Trinajstić information content (AvgIpc) is 2.36. The van der Waals surface area contributed by atoms with Crippen molar-refractivity contribution in [3.8, 4) is 0 Å². The van der Waals surface area contributed by atoms with Crippen molar-refractivity contribution in [1.82, 2.24) is 9.21 Å². The lowest BCUT2D eigenvalue weighted by Crippen LogP contribution is -2.47. The summed E-state index contributed by atoms with van der Waals surface area (Å²) in [5, 5.41) is 0. The van der Waals surface area contributed by atoms with Gasteiger partial charge in [0.2, 0.25) is 10.0 Å². The van der Waals surface area contributed by atoms with E-state index in [4.69, 9.17) is 0 Å². The molecule has 0 N–H and O–H groups in total. The summed E-state index contributed by atoms with van der Waals surface area (Å²) >= 11 is 0. The number of hydrogen-bond acceptors (Lipinski definition) is 3. The number of piperazine rings is 1. The van der Waals surface area contributed by atoms with Crippen LogP contribution in [0.15, 0.2) is 18.2 Å². The van der Waals surface area contributed by atoms with Gasteiger partial charge >= 0.3 is 6.18 Å². The zero-order chi connectivity index (χ0) is 16.5. The van der Waals surface area contributed by atoms with Crippen molar-refractivity contribution in [3.05, 3.63) is 35.1 Å². The molecule has 9 heteroatoms. The quantitative estimate of drug-likeness (QED) is 0.790. The molecule has 0 atom stereocenters. The van der Waals surface area contributed by atoms with Crippen LogP contribution in [-0.2, 0) is 22.7 Å². The van der Waals surface area contributed by atoms with Crippen LogP contribution in [-0.4, -0.2) is 50.1 Å². The molecule has 4 nitrogen and oxygen atoms in total. The maximum Gasteiger partial charge on any atom is 0.416 e. The Hall–Kier alpha value is -1.19. The van der Waals surface area contributed by atoms with E-state index in [1.807, 2.05) is 0 Å². The Morgan fingerprint density at radius 2 is 1.68 bits per heavy atom. The summed E-state index contributed by atoms with van der Waals surface area (Å²) < 4.78 is 75.4. The predicted octanol–water partition coefficient (Wildman–Crippen LogP) is 1.92. The summed E-state index contributed by atoms with van der Waals surface area (Å²) in [5.74, 6) is -0.931. The van der Waals surface area contributed by atoms with Crippen molar-refractivity contribution in [1.29, 1.82) is 0 Å². The van der Waals surface area contributed by atoms with Crippen molar-refractivity contribution < 1.29 is 26.0 Å². The van der Waals surface area contributed by atoms with Crippen LogP contribution in [0.5, 0.6) is 0 Å². The highest BCUT2D eigenvalue weighted by atomic mass is 32.2. The van der Waals surface area contributed by atoms with E-state index in [2.05, 4.69) is 0 Å². The van der Waals surface area contributed by atoms with Gasteiger partial charge in [0.15, 0.2) is 0 Å². The molecule has 0 bridgehead atoms. The van der Waals surface area contributed by atoms with Crippen molar-refractivity contribution in [2.24, 2.45) is 0 Å². The van der Waals surface area contributed by atoms with Crippen LogP contribution in [0.4, 0.5) is 17.6 Å². The summed E-state index contributed by atoms with van der Waals surface area (Å²) in [4.78, 5) is 1.80. The SMILES string of the molecule is CS(=O)(=O)N1CCN(Cc2cc(F)cc(C(F)(F)F)c2)CC1. The van der Waals surface area contributed by atoms with Gasteiger partial charge < -0.3 is 0 Å². The molecule has 0 spiro atoms. The van der Waals surface area contributed by atoms with E-state index < -0.39 is 27.6 Å². The fraction of sp³-hybridized carbons (Fsp3) is 0.538. The van der Waals surface area contributed by atoms with Crippen LogP contribution in [0, 0.1) is 5.82 Å². The largest absolute Gasteiger partial charge is 0.416 e. The summed E-state index contributed by atoms with van der Waals surface area (Å²) in [6.07, 6.45) is -3.48. The van der Waals surface area contributed by atoms with Crippen LogP contribution in [0.3, 0.4) is 0 Å². The molecular weight excluding hydrogens is 324 g/mol. The van der Waals surface area contributed by atoms with E-state index in [1.165, 1.54) is 4.31 Å². The molecule has 1 saturated heterocycles. The Morgan fingerprint density at radius 1 is 1.09 bits per heavy atom. The number of hydrogen-bond donors (Lipinski definition) is 0. The van der Waals surface area contributed by atoms with Crippen molar-refractivity contribution in [3.63, 3.8) is 0 Å². The molecule has 1 heterocycles. The molecule has 0 unspecified atom stereocenters. The third-order valence-electron chi connectivity index (χ3n) is 3.49. The Labute approximate surface area is 126 Å². The molecular formula is C13H16F4N2O2S. The molecule has 1 aromatic rings. The molecule has 1 aromatic carbocycles. The van der Waals surface area contributed by atoms with E-state index in [0.29, 0.717) is 19.2 Å². The smallest absolute Gasteiger partial charge is 0.296 e. The van der Waals surface area contributed by atoms with Gasteiger partial charge in [0, 0.05) is 32.7 Å². The van der Waals surface area contributed by atoms with Crippen LogP contribution in [0.2, 0.25) is 0 Å². The van der Waals surface area contributed by atoms with E-state index in [0.717, 1.165) is 18.4 Å². The molecule has 1 aliphatic heterocycles. The highest BCUT2D eigenvalue weighted by Crippen LogP contribution is 2.30. The van der Waals surface area contributed by atoms with E-state index in [-0.39, 0.29) is 25.2 Å². The zero-order valence-electron chi connectivity index (χ0n) is 11.9. The topological polar surface area (TPSA) is 40.6 Å². The minimum atomic E-state index is -4.59. The molecule has 1 fully saturated rings. The number of alkyl halides is 3. The number of sulfonamides is 1. The summed E-state index contributed by atoms with van der Waals surface area (Å²) in [6, 6.07) is 2.45. The van der Waals surface area contributed by atoms with Crippen molar-refractivity contribution in [2.45, 2.75) is 12.7 Å². The number of halogens is 4. The highest BCUT2D eigenvalue weighted by molar-refractivity contribution is 7.88. The first kappa shape index (κ1) is 17.2. The molecule has 0 aromatic heterocycles. The summed E-state index contributed by atoms with van der Waals surface area (Å²) in [7, 11) is -3.26. The molecule has 2 rings (SSSR count). The third-order valence-corrected chi connectivity index (χ3v) is 4.79. The van der Waals surface area contributed by atoms with Crippen LogP contribution < -0.4 is 0 Å². The van der Waals surface area contributed by atoms with Crippen LogP contribution in [0.25, 0.3) is 0 Å². The molecule has 22 heavy (non-hydrogen) atoms. The normalized spacial score (nSPS) is 18.6. The Morgan fingerprint density at radius 3 is 2.18 bits per heavy atom. The van der Waals surface area contributed by atoms with E-state index >= 15 is 0 Å². The Bertz CT molecular complexity index is 638. The second kappa shape index (κ2) is 6.13. The fourth-order valence-corrected chi connectivity index (χ4v) is 3.21. The number of benzene rings is 1. The van der Waals surface area contributed by atoms with Crippen molar-refractivity contribution in [2.75, 3.05) is 32.4 Å². The van der Waals surface area contributed by atoms with Gasteiger partial charge in [-0.2, -0.15) is 17.5 Å². The molecule has 124 valence electrons. The maximum absolute atomic E-state index is 13.3. The first-order valence-electron chi connectivity index (χ1n) is 6.60. The van der Waals surface area contributed by atoms with Gasteiger partial charge in [-0.05, 0) is 23.8 Å². The van der Waals surface area contributed by atoms with Gasteiger partial charge in [0.1, 0.15) is 5.82 Å². The molecule has 0 amide bonds. The second-order valence-corrected chi connectivity index (χ2v) is 7.27. The molecule has 0 aliphatic carbocycles.